The molecule has 0 spiro atoms. The summed E-state index contributed by atoms with van der Waals surface area (Å²) in [5.74, 6) is 1.80. The molecular weight excluding hydrogens is 469 g/mol. The molecule has 0 fully saturated rings. The van der Waals surface area contributed by atoms with Crippen LogP contribution in [0.1, 0.15) is 18.1 Å². The van der Waals surface area contributed by atoms with Crippen LogP contribution in [0, 0.1) is 0 Å². The van der Waals surface area contributed by atoms with Crippen molar-refractivity contribution in [2.75, 3.05) is 12.4 Å². The van der Waals surface area contributed by atoms with E-state index in [1.165, 1.54) is 0 Å². The van der Waals surface area contributed by atoms with Gasteiger partial charge in [0.2, 0.25) is 5.95 Å². The topological polar surface area (TPSA) is 74.1 Å². The highest BCUT2D eigenvalue weighted by atomic mass is 79.9. The van der Waals surface area contributed by atoms with Gasteiger partial charge in [-0.15, -0.1) is 0 Å². The molecule has 0 radical (unpaired) electrons. The fourth-order valence-corrected chi connectivity index (χ4v) is 3.60. The van der Waals surface area contributed by atoms with Crippen LogP contribution in [-0.4, -0.2) is 27.3 Å². The van der Waals surface area contributed by atoms with Crippen molar-refractivity contribution in [3.05, 3.63) is 56.0 Å². The van der Waals surface area contributed by atoms with Gasteiger partial charge in [-0.05, 0) is 63.1 Å². The third-order valence-corrected chi connectivity index (χ3v) is 5.13. The number of rotatable bonds is 8. The molecule has 7 nitrogen and oxygen atoms in total. The van der Waals surface area contributed by atoms with Crippen LogP contribution in [0.2, 0.25) is 10.0 Å². The minimum atomic E-state index is 0.286. The Morgan fingerprint density at radius 2 is 2.04 bits per heavy atom. The van der Waals surface area contributed by atoms with Crippen molar-refractivity contribution in [3.8, 4) is 11.5 Å². The predicted octanol–water partition coefficient (Wildman–Crippen LogP) is 4.96. The van der Waals surface area contributed by atoms with Gasteiger partial charge in [-0.3, -0.25) is 0 Å². The van der Waals surface area contributed by atoms with Crippen LogP contribution in [0.15, 0.2) is 34.8 Å². The van der Waals surface area contributed by atoms with Gasteiger partial charge in [0.15, 0.2) is 11.5 Å². The first-order valence-electron chi connectivity index (χ1n) is 8.45. The molecule has 0 unspecified atom stereocenters. The third kappa shape index (κ3) is 4.87. The first-order valence-corrected chi connectivity index (χ1v) is 9.99. The lowest BCUT2D eigenvalue weighted by atomic mass is 10.2. The molecule has 0 saturated heterocycles. The molecule has 3 aromatic rings. The van der Waals surface area contributed by atoms with Crippen LogP contribution in [0.5, 0.6) is 11.5 Å². The van der Waals surface area contributed by atoms with Gasteiger partial charge in [-0.2, -0.15) is 0 Å². The number of hydrogen-bond donors (Lipinski definition) is 1. The van der Waals surface area contributed by atoms with E-state index in [-0.39, 0.29) is 6.61 Å². The van der Waals surface area contributed by atoms with Gasteiger partial charge in [0.1, 0.15) is 6.61 Å². The number of tetrazole rings is 1. The number of aryl methyl sites for hydroxylation is 1. The lowest BCUT2D eigenvalue weighted by molar-refractivity contribution is 0.282. The molecule has 0 amide bonds. The lowest BCUT2D eigenvalue weighted by Gasteiger charge is -2.15. The number of halogens is 3. The summed E-state index contributed by atoms with van der Waals surface area (Å²) in [6, 6.07) is 9.15. The first-order chi connectivity index (χ1) is 13.5. The monoisotopic (exact) mass is 485 g/mol. The number of hydrogen-bond acceptors (Lipinski definition) is 6. The Morgan fingerprint density at radius 1 is 1.21 bits per heavy atom. The Bertz CT molecular complexity index is 967. The zero-order valence-electron chi connectivity index (χ0n) is 15.2. The second kappa shape index (κ2) is 9.45. The summed E-state index contributed by atoms with van der Waals surface area (Å²) < 4.78 is 13.9. The maximum absolute atomic E-state index is 6.22. The molecule has 0 atom stereocenters. The SMILES string of the molecule is CCn1nnnc1NCc1cc(Br)c(OCc2ccc(Cl)cc2Cl)c(OC)c1. The van der Waals surface area contributed by atoms with E-state index in [0.29, 0.717) is 40.6 Å². The summed E-state index contributed by atoms with van der Waals surface area (Å²) in [5, 5.41) is 15.9. The molecule has 1 heterocycles. The van der Waals surface area contributed by atoms with Crippen molar-refractivity contribution in [1.29, 1.82) is 0 Å². The van der Waals surface area contributed by atoms with Crippen molar-refractivity contribution >= 4 is 45.1 Å². The van der Waals surface area contributed by atoms with E-state index in [4.69, 9.17) is 32.7 Å². The quantitative estimate of drug-likeness (QED) is 0.485. The molecule has 1 N–H and O–H groups in total. The van der Waals surface area contributed by atoms with Crippen LogP contribution in [-0.2, 0) is 19.7 Å². The van der Waals surface area contributed by atoms with Crippen LogP contribution >= 0.6 is 39.1 Å². The van der Waals surface area contributed by atoms with Crippen LogP contribution < -0.4 is 14.8 Å². The molecular formula is C18H18BrCl2N5O2. The summed E-state index contributed by atoms with van der Waals surface area (Å²) in [6.07, 6.45) is 0. The number of nitrogens with zero attached hydrogens (tertiary/aromatic N) is 4. The van der Waals surface area contributed by atoms with E-state index in [2.05, 4.69) is 36.8 Å². The zero-order chi connectivity index (χ0) is 20.1. The molecule has 0 bridgehead atoms. The number of benzene rings is 2. The molecule has 2 aromatic carbocycles. The van der Waals surface area contributed by atoms with Gasteiger partial charge >= 0.3 is 0 Å². The van der Waals surface area contributed by atoms with E-state index < -0.39 is 0 Å². The molecule has 0 saturated carbocycles. The maximum atomic E-state index is 6.22. The van der Waals surface area contributed by atoms with Crippen molar-refractivity contribution in [1.82, 2.24) is 20.2 Å². The Morgan fingerprint density at radius 3 is 2.75 bits per heavy atom. The van der Waals surface area contributed by atoms with Crippen LogP contribution in [0.3, 0.4) is 0 Å². The third-order valence-electron chi connectivity index (χ3n) is 3.96. The number of anilines is 1. The Labute approximate surface area is 181 Å². The van der Waals surface area contributed by atoms with Crippen molar-refractivity contribution in [2.45, 2.75) is 26.6 Å². The van der Waals surface area contributed by atoms with Crippen molar-refractivity contribution < 1.29 is 9.47 Å². The van der Waals surface area contributed by atoms with Gasteiger partial charge in [-0.25, -0.2) is 4.68 Å². The number of nitrogens with one attached hydrogen (secondary N) is 1. The van der Waals surface area contributed by atoms with Gasteiger partial charge < -0.3 is 14.8 Å². The first kappa shape index (κ1) is 20.7. The molecule has 1 aromatic heterocycles. The molecule has 0 aliphatic carbocycles. The molecule has 3 rings (SSSR count). The van der Waals surface area contributed by atoms with Crippen molar-refractivity contribution in [2.24, 2.45) is 0 Å². The largest absolute Gasteiger partial charge is 0.493 e. The summed E-state index contributed by atoms with van der Waals surface area (Å²) in [4.78, 5) is 0. The second-order valence-electron chi connectivity index (χ2n) is 5.81. The minimum Gasteiger partial charge on any atom is -0.493 e. The highest BCUT2D eigenvalue weighted by Crippen LogP contribution is 2.37. The average Bonchev–Trinajstić information content (AvgIpc) is 3.14. The fourth-order valence-electron chi connectivity index (χ4n) is 2.53. The second-order valence-corrected chi connectivity index (χ2v) is 7.50. The van der Waals surface area contributed by atoms with Crippen molar-refractivity contribution in [3.63, 3.8) is 0 Å². The van der Waals surface area contributed by atoms with E-state index in [1.807, 2.05) is 25.1 Å². The fraction of sp³-hybridized carbons (Fsp3) is 0.278. The summed E-state index contributed by atoms with van der Waals surface area (Å²) >= 11 is 15.7. The van der Waals surface area contributed by atoms with Crippen LogP contribution in [0.25, 0.3) is 0 Å². The van der Waals surface area contributed by atoms with E-state index in [9.17, 15) is 0 Å². The summed E-state index contributed by atoms with van der Waals surface area (Å²) in [6.45, 7) is 3.47. The summed E-state index contributed by atoms with van der Waals surface area (Å²) in [7, 11) is 1.60. The Hall–Kier alpha value is -2.03. The normalized spacial score (nSPS) is 10.8. The molecule has 0 aliphatic heterocycles. The smallest absolute Gasteiger partial charge is 0.243 e. The standard InChI is InChI=1S/C18H18BrCl2N5O2/c1-3-26-18(23-24-25-26)22-9-11-6-14(19)17(16(7-11)27-2)28-10-12-4-5-13(20)8-15(12)21/h4-8H,3,9-10H2,1-2H3,(H,22,23,25). The summed E-state index contributed by atoms with van der Waals surface area (Å²) in [5.41, 5.74) is 1.81. The minimum absolute atomic E-state index is 0.286. The van der Waals surface area contributed by atoms with Crippen LogP contribution in [0.4, 0.5) is 5.95 Å². The zero-order valence-corrected chi connectivity index (χ0v) is 18.3. The average molecular weight is 487 g/mol. The lowest BCUT2D eigenvalue weighted by Crippen LogP contribution is -2.08. The highest BCUT2D eigenvalue weighted by Gasteiger charge is 2.14. The van der Waals surface area contributed by atoms with E-state index >= 15 is 0 Å². The molecule has 148 valence electrons. The van der Waals surface area contributed by atoms with E-state index in [0.717, 1.165) is 15.6 Å². The van der Waals surface area contributed by atoms with Gasteiger partial charge in [-0.1, -0.05) is 34.4 Å². The van der Waals surface area contributed by atoms with E-state index in [1.54, 1.807) is 23.9 Å². The Balaban J connectivity index is 1.73. The Kier molecular flexibility index (Phi) is 6.98. The number of methoxy groups -OCH3 is 1. The van der Waals surface area contributed by atoms with Gasteiger partial charge in [0.05, 0.1) is 11.6 Å². The van der Waals surface area contributed by atoms with Gasteiger partial charge in [0, 0.05) is 28.7 Å². The predicted molar refractivity (Wildman–Crippen MR) is 112 cm³/mol. The molecule has 10 heteroatoms. The number of ether oxygens (including phenoxy) is 2. The molecule has 0 aliphatic rings. The molecule has 28 heavy (non-hydrogen) atoms. The maximum Gasteiger partial charge on any atom is 0.243 e. The van der Waals surface area contributed by atoms with Gasteiger partial charge in [0.25, 0.3) is 0 Å². The highest BCUT2D eigenvalue weighted by molar-refractivity contribution is 9.10. The number of aromatic nitrogens is 4.